The molecule has 0 spiro atoms. The largest absolute Gasteiger partial charge is 0.320 e. The van der Waals surface area contributed by atoms with E-state index >= 15 is 0 Å². The van der Waals surface area contributed by atoms with E-state index in [9.17, 15) is 4.39 Å². The van der Waals surface area contributed by atoms with Crippen molar-refractivity contribution in [1.29, 1.82) is 0 Å². The van der Waals surface area contributed by atoms with Gasteiger partial charge in [0.1, 0.15) is 5.82 Å². The van der Waals surface area contributed by atoms with Crippen LogP contribution in [0.4, 0.5) is 4.39 Å². The fourth-order valence-corrected chi connectivity index (χ4v) is 1.73. The summed E-state index contributed by atoms with van der Waals surface area (Å²) in [6, 6.07) is 4.91. The Bertz CT molecular complexity index is 460. The van der Waals surface area contributed by atoms with E-state index in [2.05, 4.69) is 21.6 Å². The van der Waals surface area contributed by atoms with E-state index in [1.165, 1.54) is 6.07 Å². The summed E-state index contributed by atoms with van der Waals surface area (Å²) in [5.41, 5.74) is 6.94. The van der Waals surface area contributed by atoms with Crippen LogP contribution in [0, 0.1) is 17.7 Å². The number of hydrogen-bond acceptors (Lipinski definition) is 3. The molecular formula is C15H22FN3. The average Bonchev–Trinajstić information content (AvgIpc) is 2.33. The van der Waals surface area contributed by atoms with Gasteiger partial charge in [0.25, 0.3) is 0 Å². The predicted molar refractivity (Wildman–Crippen MR) is 77.2 cm³/mol. The summed E-state index contributed by atoms with van der Waals surface area (Å²) in [5, 5.41) is 0. The minimum Gasteiger partial charge on any atom is -0.320 e. The number of nitrogens with two attached hydrogens (primary N) is 1. The van der Waals surface area contributed by atoms with Gasteiger partial charge in [0, 0.05) is 25.2 Å². The summed E-state index contributed by atoms with van der Waals surface area (Å²) < 4.78 is 13.5. The third-order valence-corrected chi connectivity index (χ3v) is 2.67. The number of halogens is 1. The van der Waals surface area contributed by atoms with E-state index in [4.69, 9.17) is 5.73 Å². The van der Waals surface area contributed by atoms with E-state index in [1.807, 2.05) is 27.2 Å². The molecule has 0 aromatic heterocycles. The van der Waals surface area contributed by atoms with Gasteiger partial charge < -0.3 is 15.5 Å². The Kier molecular flexibility index (Phi) is 6.51. The predicted octanol–water partition coefficient (Wildman–Crippen LogP) is 1.13. The molecule has 2 N–H and O–H groups in total. The van der Waals surface area contributed by atoms with Crippen LogP contribution >= 0.6 is 0 Å². The monoisotopic (exact) mass is 263 g/mol. The Balaban J connectivity index is 2.69. The molecule has 104 valence electrons. The van der Waals surface area contributed by atoms with Crippen molar-refractivity contribution in [2.75, 3.05) is 40.8 Å². The standard InChI is InChI=1S/C15H22FN3/c1-18(2)7-8-19(3)12-14-9-13(5-4-6-17)10-15(16)11-14/h9-11H,6-8,12,17H2,1-3H3. The number of rotatable bonds is 5. The fourth-order valence-electron chi connectivity index (χ4n) is 1.73. The van der Waals surface area contributed by atoms with Gasteiger partial charge in [-0.15, -0.1) is 0 Å². The molecule has 1 rings (SSSR count). The van der Waals surface area contributed by atoms with Gasteiger partial charge >= 0.3 is 0 Å². The number of hydrogen-bond donors (Lipinski definition) is 1. The average molecular weight is 263 g/mol. The third-order valence-electron chi connectivity index (χ3n) is 2.67. The van der Waals surface area contributed by atoms with Crippen LogP contribution in [0.2, 0.25) is 0 Å². The first-order valence-electron chi connectivity index (χ1n) is 6.33. The molecule has 0 aliphatic carbocycles. The molecule has 0 heterocycles. The van der Waals surface area contributed by atoms with Crippen molar-refractivity contribution in [2.45, 2.75) is 6.54 Å². The highest BCUT2D eigenvalue weighted by molar-refractivity contribution is 5.37. The molecule has 19 heavy (non-hydrogen) atoms. The summed E-state index contributed by atoms with van der Waals surface area (Å²) in [4.78, 5) is 4.29. The second-order valence-corrected chi connectivity index (χ2v) is 4.90. The number of likely N-dealkylation sites (N-methyl/N-ethyl adjacent to an activating group) is 2. The fraction of sp³-hybridized carbons (Fsp3) is 0.467. The number of nitrogens with zero attached hydrogens (tertiary/aromatic N) is 2. The van der Waals surface area contributed by atoms with Gasteiger partial charge in [0.15, 0.2) is 0 Å². The first kappa shape index (κ1) is 15.6. The van der Waals surface area contributed by atoms with Crippen LogP contribution in [0.1, 0.15) is 11.1 Å². The molecule has 1 aromatic carbocycles. The molecule has 1 aromatic rings. The molecule has 4 heteroatoms. The van der Waals surface area contributed by atoms with Gasteiger partial charge in [-0.05, 0) is 44.9 Å². The maximum Gasteiger partial charge on any atom is 0.124 e. The van der Waals surface area contributed by atoms with Gasteiger partial charge in [-0.3, -0.25) is 0 Å². The smallest absolute Gasteiger partial charge is 0.124 e. The third kappa shape index (κ3) is 6.35. The van der Waals surface area contributed by atoms with Crippen molar-refractivity contribution in [3.63, 3.8) is 0 Å². The lowest BCUT2D eigenvalue weighted by Gasteiger charge is -2.19. The van der Waals surface area contributed by atoms with Crippen molar-refractivity contribution in [1.82, 2.24) is 9.80 Å². The van der Waals surface area contributed by atoms with Crippen molar-refractivity contribution in [2.24, 2.45) is 5.73 Å². The molecule has 0 saturated heterocycles. The van der Waals surface area contributed by atoms with Crippen LogP contribution in [0.15, 0.2) is 18.2 Å². The van der Waals surface area contributed by atoms with Crippen LogP contribution in [0.25, 0.3) is 0 Å². The van der Waals surface area contributed by atoms with Gasteiger partial charge in [-0.2, -0.15) is 0 Å². The summed E-state index contributed by atoms with van der Waals surface area (Å²) in [5.74, 6) is 5.36. The zero-order chi connectivity index (χ0) is 14.3. The van der Waals surface area contributed by atoms with Crippen molar-refractivity contribution < 1.29 is 4.39 Å². The summed E-state index contributed by atoms with van der Waals surface area (Å²) in [7, 11) is 6.10. The van der Waals surface area contributed by atoms with E-state index < -0.39 is 0 Å². The van der Waals surface area contributed by atoms with Crippen LogP contribution in [-0.2, 0) is 6.54 Å². The zero-order valence-electron chi connectivity index (χ0n) is 11.9. The molecule has 0 atom stereocenters. The molecule has 0 saturated carbocycles. The first-order chi connectivity index (χ1) is 9.01. The normalized spacial score (nSPS) is 10.7. The SMILES string of the molecule is CN(C)CCN(C)Cc1cc(F)cc(C#CCN)c1. The van der Waals surface area contributed by atoms with Gasteiger partial charge in [0.05, 0.1) is 6.54 Å². The summed E-state index contributed by atoms with van der Waals surface area (Å²) >= 11 is 0. The molecule has 0 bridgehead atoms. The highest BCUT2D eigenvalue weighted by Crippen LogP contribution is 2.10. The van der Waals surface area contributed by atoms with Gasteiger partial charge in [-0.1, -0.05) is 11.8 Å². The Morgan fingerprint density at radius 2 is 1.89 bits per heavy atom. The Morgan fingerprint density at radius 1 is 1.16 bits per heavy atom. The van der Waals surface area contributed by atoms with E-state index in [0.29, 0.717) is 12.1 Å². The Morgan fingerprint density at radius 3 is 2.53 bits per heavy atom. The van der Waals surface area contributed by atoms with Gasteiger partial charge in [-0.25, -0.2) is 4.39 Å². The lowest BCUT2D eigenvalue weighted by atomic mass is 10.1. The Labute approximate surface area is 115 Å². The molecule has 3 nitrogen and oxygen atoms in total. The van der Waals surface area contributed by atoms with Crippen LogP contribution in [0.3, 0.4) is 0 Å². The van der Waals surface area contributed by atoms with E-state index in [0.717, 1.165) is 18.7 Å². The van der Waals surface area contributed by atoms with Crippen molar-refractivity contribution in [3.05, 3.63) is 35.1 Å². The highest BCUT2D eigenvalue weighted by Gasteiger charge is 2.04. The highest BCUT2D eigenvalue weighted by atomic mass is 19.1. The lowest BCUT2D eigenvalue weighted by molar-refractivity contribution is 0.276. The van der Waals surface area contributed by atoms with Gasteiger partial charge in [0.2, 0.25) is 0 Å². The molecule has 0 amide bonds. The Hall–Kier alpha value is -1.41. The first-order valence-corrected chi connectivity index (χ1v) is 6.33. The van der Waals surface area contributed by atoms with E-state index in [1.54, 1.807) is 6.07 Å². The minimum absolute atomic E-state index is 0.250. The summed E-state index contributed by atoms with van der Waals surface area (Å²) in [6.45, 7) is 2.91. The number of benzene rings is 1. The second-order valence-electron chi connectivity index (χ2n) is 4.90. The minimum atomic E-state index is -0.250. The van der Waals surface area contributed by atoms with Crippen molar-refractivity contribution >= 4 is 0 Å². The quantitative estimate of drug-likeness (QED) is 0.808. The zero-order valence-corrected chi connectivity index (χ0v) is 11.9. The second kappa shape index (κ2) is 7.90. The molecule has 0 aliphatic rings. The molecule has 0 radical (unpaired) electrons. The van der Waals surface area contributed by atoms with Crippen LogP contribution < -0.4 is 5.73 Å². The van der Waals surface area contributed by atoms with Crippen molar-refractivity contribution in [3.8, 4) is 11.8 Å². The molecular weight excluding hydrogens is 241 g/mol. The lowest BCUT2D eigenvalue weighted by Crippen LogP contribution is -2.28. The molecule has 0 aliphatic heterocycles. The maximum atomic E-state index is 13.5. The molecule has 0 fully saturated rings. The molecule has 0 unspecified atom stereocenters. The van der Waals surface area contributed by atoms with E-state index in [-0.39, 0.29) is 12.4 Å². The topological polar surface area (TPSA) is 32.5 Å². The van der Waals surface area contributed by atoms with Crippen LogP contribution in [-0.4, -0.2) is 50.6 Å². The summed E-state index contributed by atoms with van der Waals surface area (Å²) in [6.07, 6.45) is 0. The maximum absolute atomic E-state index is 13.5. The van der Waals surface area contributed by atoms with Crippen LogP contribution in [0.5, 0.6) is 0 Å².